The minimum Gasteiger partial charge on any atom is -0.339 e. The van der Waals surface area contributed by atoms with E-state index >= 15 is 0 Å². The fraction of sp³-hybridized carbons (Fsp3) is 0.194. The second-order valence-corrected chi connectivity index (χ2v) is 9.79. The molecule has 0 bridgehead atoms. The van der Waals surface area contributed by atoms with Gasteiger partial charge in [0.2, 0.25) is 5.91 Å². The number of fused-ring (bicyclic) bond motifs is 2. The first kappa shape index (κ1) is 25.2. The molecule has 1 aliphatic heterocycles. The molecule has 5 aromatic rings. The van der Waals surface area contributed by atoms with Crippen molar-refractivity contribution in [3.8, 4) is 0 Å². The van der Waals surface area contributed by atoms with Crippen LogP contribution in [-0.4, -0.2) is 42.4 Å². The minimum atomic E-state index is -0.545. The molecule has 0 radical (unpaired) electrons. The molecule has 2 aromatic carbocycles. The molecule has 0 atom stereocenters. The predicted octanol–water partition coefficient (Wildman–Crippen LogP) is 2.93. The van der Waals surface area contributed by atoms with E-state index in [0.717, 1.165) is 16.6 Å². The number of benzene rings is 2. The number of amides is 1. The zero-order chi connectivity index (χ0) is 27.6. The van der Waals surface area contributed by atoms with Crippen LogP contribution < -0.4 is 16.8 Å². The standard InChI is InChI=1S/C31H27N5O4/c37-28(33-17-13-23(14-18-33)22-8-2-1-3-9-22)15-19-35-30(39)25-10-4-5-11-26(25)36(31(35)40)21-24-20-29(38)34-16-7-6-12-27(34)32-24/h1-13,16,20H,14-15,17-19,21H2. The van der Waals surface area contributed by atoms with Gasteiger partial charge >= 0.3 is 5.69 Å². The lowest BCUT2D eigenvalue weighted by Gasteiger charge is -2.27. The smallest absolute Gasteiger partial charge is 0.331 e. The van der Waals surface area contributed by atoms with Gasteiger partial charge in [-0.15, -0.1) is 0 Å². The van der Waals surface area contributed by atoms with E-state index in [1.165, 1.54) is 20.6 Å². The lowest BCUT2D eigenvalue weighted by Crippen LogP contribution is -2.42. The van der Waals surface area contributed by atoms with Gasteiger partial charge in [0, 0.05) is 38.3 Å². The topological polar surface area (TPSA) is 98.7 Å². The SMILES string of the molecule is O=C(CCn1c(=O)c2ccccc2n(Cc2cc(=O)n3ccccc3n2)c1=O)N1CC=C(c2ccccc2)CC1. The lowest BCUT2D eigenvalue weighted by atomic mass is 9.99. The number of carbonyl (C=O) groups excluding carboxylic acids is 1. The molecule has 0 saturated heterocycles. The number of rotatable bonds is 6. The Morgan fingerprint density at radius 3 is 2.45 bits per heavy atom. The van der Waals surface area contributed by atoms with E-state index in [4.69, 9.17) is 0 Å². The molecule has 0 unspecified atom stereocenters. The molecular formula is C31H27N5O4. The van der Waals surface area contributed by atoms with Gasteiger partial charge < -0.3 is 4.90 Å². The second kappa shape index (κ2) is 10.6. The molecule has 0 fully saturated rings. The molecule has 4 heterocycles. The number of nitrogens with zero attached hydrogens (tertiary/aromatic N) is 5. The minimum absolute atomic E-state index is 0.00733. The molecule has 9 nitrogen and oxygen atoms in total. The third-order valence-electron chi connectivity index (χ3n) is 7.33. The highest BCUT2D eigenvalue weighted by Crippen LogP contribution is 2.22. The summed E-state index contributed by atoms with van der Waals surface area (Å²) in [7, 11) is 0. The fourth-order valence-corrected chi connectivity index (χ4v) is 5.24. The van der Waals surface area contributed by atoms with Crippen LogP contribution in [0, 0.1) is 0 Å². The Balaban J connectivity index is 1.27. The third kappa shape index (κ3) is 4.77. The highest BCUT2D eigenvalue weighted by molar-refractivity contribution is 5.79. The number of para-hydroxylation sites is 1. The first-order chi connectivity index (χ1) is 19.5. The highest BCUT2D eigenvalue weighted by Gasteiger charge is 2.20. The number of carbonyl (C=O) groups is 1. The zero-order valence-corrected chi connectivity index (χ0v) is 21.8. The van der Waals surface area contributed by atoms with Crippen LogP contribution >= 0.6 is 0 Å². The Morgan fingerprint density at radius 2 is 1.65 bits per heavy atom. The van der Waals surface area contributed by atoms with Crippen molar-refractivity contribution in [3.63, 3.8) is 0 Å². The first-order valence-electron chi connectivity index (χ1n) is 13.2. The van der Waals surface area contributed by atoms with E-state index in [1.54, 1.807) is 53.6 Å². The Morgan fingerprint density at radius 1 is 0.875 bits per heavy atom. The molecule has 9 heteroatoms. The van der Waals surface area contributed by atoms with Gasteiger partial charge in [-0.25, -0.2) is 9.78 Å². The maximum Gasteiger partial charge on any atom is 0.331 e. The number of aromatic nitrogens is 4. The fourth-order valence-electron chi connectivity index (χ4n) is 5.24. The van der Waals surface area contributed by atoms with Crippen molar-refractivity contribution in [2.24, 2.45) is 0 Å². The Bertz CT molecular complexity index is 1950. The van der Waals surface area contributed by atoms with Gasteiger partial charge in [-0.2, -0.15) is 0 Å². The normalized spacial score (nSPS) is 13.5. The van der Waals surface area contributed by atoms with Gasteiger partial charge in [0.1, 0.15) is 5.65 Å². The summed E-state index contributed by atoms with van der Waals surface area (Å²) in [5.74, 6) is -0.112. The van der Waals surface area contributed by atoms with Crippen molar-refractivity contribution >= 4 is 28.0 Å². The first-order valence-corrected chi connectivity index (χ1v) is 13.2. The third-order valence-corrected chi connectivity index (χ3v) is 7.33. The molecule has 1 amide bonds. The van der Waals surface area contributed by atoms with E-state index in [0.29, 0.717) is 35.3 Å². The van der Waals surface area contributed by atoms with Crippen molar-refractivity contribution in [3.05, 3.63) is 134 Å². The molecule has 1 aliphatic rings. The van der Waals surface area contributed by atoms with E-state index in [2.05, 4.69) is 23.2 Å². The van der Waals surface area contributed by atoms with Crippen molar-refractivity contribution in [2.75, 3.05) is 13.1 Å². The van der Waals surface area contributed by atoms with Crippen LogP contribution in [0.25, 0.3) is 22.1 Å². The van der Waals surface area contributed by atoms with E-state index in [1.807, 2.05) is 18.2 Å². The van der Waals surface area contributed by atoms with E-state index < -0.39 is 11.2 Å². The predicted molar refractivity (Wildman–Crippen MR) is 153 cm³/mol. The number of hydrogen-bond acceptors (Lipinski definition) is 5. The highest BCUT2D eigenvalue weighted by atomic mass is 16.2. The molecule has 0 aliphatic carbocycles. The Hall–Kier alpha value is -5.05. The summed E-state index contributed by atoms with van der Waals surface area (Å²) < 4.78 is 3.98. The maximum absolute atomic E-state index is 13.6. The Labute approximate surface area is 228 Å². The van der Waals surface area contributed by atoms with Crippen molar-refractivity contribution < 1.29 is 4.79 Å². The quantitative estimate of drug-likeness (QED) is 0.334. The van der Waals surface area contributed by atoms with Crippen molar-refractivity contribution in [2.45, 2.75) is 25.9 Å². The summed E-state index contributed by atoms with van der Waals surface area (Å²) in [6.45, 7) is 1.04. The average molecular weight is 534 g/mol. The van der Waals surface area contributed by atoms with Gasteiger partial charge in [0.25, 0.3) is 11.1 Å². The summed E-state index contributed by atoms with van der Waals surface area (Å²) in [5, 5.41) is 0.362. The summed E-state index contributed by atoms with van der Waals surface area (Å²) in [6.07, 6.45) is 4.47. The summed E-state index contributed by atoms with van der Waals surface area (Å²) in [6, 6.07) is 23.6. The lowest BCUT2D eigenvalue weighted by molar-refractivity contribution is -0.131. The molecule has 0 spiro atoms. The molecule has 0 saturated carbocycles. The van der Waals surface area contributed by atoms with Crippen LogP contribution in [0.2, 0.25) is 0 Å². The Kier molecular flexibility index (Phi) is 6.69. The van der Waals surface area contributed by atoms with Crippen LogP contribution in [0.3, 0.4) is 0 Å². The molecular weight excluding hydrogens is 506 g/mol. The maximum atomic E-state index is 13.6. The van der Waals surface area contributed by atoms with Crippen LogP contribution in [0.15, 0.2) is 106 Å². The molecule has 200 valence electrons. The average Bonchev–Trinajstić information content (AvgIpc) is 2.99. The molecule has 6 rings (SSSR count). The zero-order valence-electron chi connectivity index (χ0n) is 21.8. The molecule has 3 aromatic heterocycles. The molecule has 40 heavy (non-hydrogen) atoms. The summed E-state index contributed by atoms with van der Waals surface area (Å²) in [4.78, 5) is 58.9. The van der Waals surface area contributed by atoms with Gasteiger partial charge in [-0.1, -0.05) is 54.6 Å². The van der Waals surface area contributed by atoms with Gasteiger partial charge in [-0.05, 0) is 41.8 Å². The second-order valence-electron chi connectivity index (χ2n) is 9.79. The van der Waals surface area contributed by atoms with Crippen LogP contribution in [-0.2, 0) is 17.9 Å². The van der Waals surface area contributed by atoms with Crippen molar-refractivity contribution in [1.29, 1.82) is 0 Å². The van der Waals surface area contributed by atoms with Crippen LogP contribution in [0.5, 0.6) is 0 Å². The van der Waals surface area contributed by atoms with Crippen LogP contribution in [0.4, 0.5) is 0 Å². The van der Waals surface area contributed by atoms with Crippen molar-refractivity contribution in [1.82, 2.24) is 23.4 Å². The van der Waals surface area contributed by atoms with Crippen LogP contribution in [0.1, 0.15) is 24.1 Å². The van der Waals surface area contributed by atoms with Gasteiger partial charge in [-0.3, -0.25) is 27.9 Å². The summed E-state index contributed by atoms with van der Waals surface area (Å²) in [5.41, 5.74) is 2.43. The van der Waals surface area contributed by atoms with E-state index in [9.17, 15) is 19.2 Å². The largest absolute Gasteiger partial charge is 0.339 e. The number of hydrogen-bond donors (Lipinski definition) is 0. The van der Waals surface area contributed by atoms with E-state index in [-0.39, 0.29) is 31.0 Å². The van der Waals surface area contributed by atoms with Gasteiger partial charge in [0.05, 0.1) is 23.1 Å². The monoisotopic (exact) mass is 533 g/mol. The number of pyridine rings is 1. The summed E-state index contributed by atoms with van der Waals surface area (Å²) >= 11 is 0. The molecule has 0 N–H and O–H groups in total. The van der Waals surface area contributed by atoms with Gasteiger partial charge in [0.15, 0.2) is 0 Å².